The lowest BCUT2D eigenvalue weighted by Gasteiger charge is -2.14. The van der Waals surface area contributed by atoms with Crippen LogP contribution in [0.15, 0.2) is 79.5 Å². The summed E-state index contributed by atoms with van der Waals surface area (Å²) in [6.07, 6.45) is 6.93. The van der Waals surface area contributed by atoms with Crippen molar-refractivity contribution in [2.24, 2.45) is 0 Å². The maximum atomic E-state index is 13.9. The zero-order valence-corrected chi connectivity index (χ0v) is 20.8. The minimum atomic E-state index is -0.304. The lowest BCUT2D eigenvalue weighted by atomic mass is 10.1. The number of imidazole rings is 1. The third-order valence-electron chi connectivity index (χ3n) is 6.06. The molecule has 0 amide bonds. The molecule has 5 heterocycles. The number of fused-ring (bicyclic) bond motifs is 2. The predicted molar refractivity (Wildman–Crippen MR) is 147 cm³/mol. The highest BCUT2D eigenvalue weighted by Gasteiger charge is 2.17. The van der Waals surface area contributed by atoms with E-state index in [1.807, 2.05) is 43.3 Å². The second-order valence-electron chi connectivity index (χ2n) is 9.27. The van der Waals surface area contributed by atoms with E-state index in [-0.39, 0.29) is 5.82 Å². The molecule has 0 aliphatic heterocycles. The van der Waals surface area contributed by atoms with Gasteiger partial charge in [0.1, 0.15) is 11.5 Å². The molecule has 9 nitrogen and oxygen atoms in total. The molecule has 0 aliphatic rings. The van der Waals surface area contributed by atoms with Gasteiger partial charge in [-0.05, 0) is 50.0 Å². The van der Waals surface area contributed by atoms with Crippen LogP contribution in [0.2, 0.25) is 0 Å². The number of pyridine rings is 3. The van der Waals surface area contributed by atoms with Crippen molar-refractivity contribution < 1.29 is 4.39 Å². The molecule has 3 N–H and O–H groups in total. The van der Waals surface area contributed by atoms with E-state index in [4.69, 9.17) is 0 Å². The van der Waals surface area contributed by atoms with Gasteiger partial charge in [0.25, 0.3) is 0 Å². The predicted octanol–water partition coefficient (Wildman–Crippen LogP) is 5.25. The second kappa shape index (κ2) is 9.49. The number of likely N-dealkylation sites (N-methyl/N-ethyl adjacent to an activating group) is 1. The molecule has 0 spiro atoms. The molecular formula is C28H24FN9. The Morgan fingerprint density at radius 1 is 1.05 bits per heavy atom. The first-order valence-corrected chi connectivity index (χ1v) is 11.9. The van der Waals surface area contributed by atoms with Crippen molar-refractivity contribution in [3.8, 4) is 33.9 Å². The Kier molecular flexibility index (Phi) is 5.85. The fourth-order valence-electron chi connectivity index (χ4n) is 4.45. The molecule has 38 heavy (non-hydrogen) atoms. The highest BCUT2D eigenvalue weighted by atomic mass is 19.1. The number of hydrogen-bond donors (Lipinski definition) is 3. The summed E-state index contributed by atoms with van der Waals surface area (Å²) in [6.45, 7) is 4.79. The molecule has 0 unspecified atom stereocenters. The van der Waals surface area contributed by atoms with Gasteiger partial charge in [-0.15, -0.1) is 0 Å². The number of nitrogens with one attached hydrogen (secondary N) is 3. The lowest BCUT2D eigenvalue weighted by Crippen LogP contribution is -2.18. The Morgan fingerprint density at radius 2 is 1.95 bits per heavy atom. The van der Waals surface area contributed by atoms with Gasteiger partial charge in [-0.3, -0.25) is 15.1 Å². The number of benzene rings is 1. The van der Waals surface area contributed by atoms with Crippen LogP contribution < -0.4 is 5.32 Å². The zero-order chi connectivity index (χ0) is 26.2. The van der Waals surface area contributed by atoms with E-state index in [9.17, 15) is 4.39 Å². The largest absolute Gasteiger partial charge is 0.357 e. The average molecular weight is 506 g/mol. The van der Waals surface area contributed by atoms with Crippen molar-refractivity contribution in [1.82, 2.24) is 40.0 Å². The van der Waals surface area contributed by atoms with Crippen molar-refractivity contribution in [2.75, 3.05) is 26.0 Å². The summed E-state index contributed by atoms with van der Waals surface area (Å²) in [7, 11) is 3.98. The first kappa shape index (κ1) is 23.4. The molecule has 0 saturated carbocycles. The van der Waals surface area contributed by atoms with Crippen LogP contribution in [0.4, 0.5) is 10.1 Å². The summed E-state index contributed by atoms with van der Waals surface area (Å²) in [5.74, 6) is 0.245. The number of hydrogen-bond acceptors (Lipinski definition) is 7. The van der Waals surface area contributed by atoms with Crippen LogP contribution in [-0.2, 0) is 0 Å². The summed E-state index contributed by atoms with van der Waals surface area (Å²) in [4.78, 5) is 23.5. The van der Waals surface area contributed by atoms with Gasteiger partial charge in [-0.25, -0.2) is 14.4 Å². The molecule has 0 radical (unpaired) electrons. The normalized spacial score (nSPS) is 11.5. The van der Waals surface area contributed by atoms with Crippen LogP contribution in [0, 0.1) is 5.82 Å². The molecule has 5 aromatic heterocycles. The Morgan fingerprint density at radius 3 is 2.79 bits per heavy atom. The van der Waals surface area contributed by atoms with E-state index in [1.165, 1.54) is 12.1 Å². The average Bonchev–Trinajstić information content (AvgIpc) is 3.52. The van der Waals surface area contributed by atoms with E-state index >= 15 is 0 Å². The molecule has 1 aromatic carbocycles. The van der Waals surface area contributed by atoms with Gasteiger partial charge in [0.05, 0.1) is 34.8 Å². The lowest BCUT2D eigenvalue weighted by molar-refractivity contribution is 0.447. The molecule has 0 saturated heterocycles. The Bertz CT molecular complexity index is 1800. The fourth-order valence-corrected chi connectivity index (χ4v) is 4.45. The molecule has 6 aromatic rings. The van der Waals surface area contributed by atoms with Crippen molar-refractivity contribution >= 4 is 27.8 Å². The molecule has 0 bridgehead atoms. The number of aromatic nitrogens is 7. The maximum absolute atomic E-state index is 13.9. The third-order valence-corrected chi connectivity index (χ3v) is 6.06. The second-order valence-corrected chi connectivity index (χ2v) is 9.27. The molecular weight excluding hydrogens is 481 g/mol. The number of anilines is 1. The van der Waals surface area contributed by atoms with Crippen molar-refractivity contribution in [1.29, 1.82) is 0 Å². The van der Waals surface area contributed by atoms with Crippen molar-refractivity contribution in [2.45, 2.75) is 0 Å². The van der Waals surface area contributed by atoms with Gasteiger partial charge < -0.3 is 15.2 Å². The summed E-state index contributed by atoms with van der Waals surface area (Å²) < 4.78 is 13.9. The molecule has 0 fully saturated rings. The van der Waals surface area contributed by atoms with Gasteiger partial charge in [0, 0.05) is 41.1 Å². The first-order valence-electron chi connectivity index (χ1n) is 11.9. The summed E-state index contributed by atoms with van der Waals surface area (Å²) in [5, 5.41) is 11.7. The number of halogens is 1. The van der Waals surface area contributed by atoms with Crippen molar-refractivity contribution in [3.05, 3.63) is 85.3 Å². The molecule has 188 valence electrons. The van der Waals surface area contributed by atoms with Gasteiger partial charge in [-0.2, -0.15) is 5.10 Å². The van der Waals surface area contributed by atoms with E-state index in [0.29, 0.717) is 29.2 Å². The SMILES string of the molecule is C=C(CN(C)C)Nc1cncc(-c2cc3c(-c4nc5nccc(-c6cccc(F)c6)c5[nH]4)n[nH]c3cn2)c1. The highest BCUT2D eigenvalue weighted by molar-refractivity contribution is 5.96. The number of aromatic amines is 2. The van der Waals surface area contributed by atoms with Crippen LogP contribution in [0.5, 0.6) is 0 Å². The van der Waals surface area contributed by atoms with E-state index in [1.54, 1.807) is 30.9 Å². The van der Waals surface area contributed by atoms with Gasteiger partial charge in [-0.1, -0.05) is 18.7 Å². The Balaban J connectivity index is 1.38. The van der Waals surface area contributed by atoms with Gasteiger partial charge >= 0.3 is 0 Å². The zero-order valence-electron chi connectivity index (χ0n) is 20.8. The van der Waals surface area contributed by atoms with E-state index in [2.05, 4.69) is 47.0 Å². The topological polar surface area (TPSA) is 111 Å². The Hall–Kier alpha value is -4.96. The van der Waals surface area contributed by atoms with Crippen LogP contribution in [0.3, 0.4) is 0 Å². The van der Waals surface area contributed by atoms with Crippen LogP contribution in [0.25, 0.3) is 56.0 Å². The quantitative estimate of drug-likeness (QED) is 0.272. The highest BCUT2D eigenvalue weighted by Crippen LogP contribution is 2.32. The molecule has 6 rings (SSSR count). The maximum Gasteiger partial charge on any atom is 0.178 e. The first-order chi connectivity index (χ1) is 18.4. The van der Waals surface area contributed by atoms with Crippen LogP contribution >= 0.6 is 0 Å². The van der Waals surface area contributed by atoms with Crippen LogP contribution in [0.1, 0.15) is 0 Å². The number of rotatable bonds is 7. The van der Waals surface area contributed by atoms with E-state index in [0.717, 1.165) is 44.7 Å². The van der Waals surface area contributed by atoms with Crippen LogP contribution in [-0.4, -0.2) is 60.7 Å². The monoisotopic (exact) mass is 505 g/mol. The standard InChI is InChI=1S/C28H24FN9/c1-16(15-38(2)3)33-20-10-18(12-30-13-20)23-11-22-24(14-32-23)36-37-26(22)28-34-25-21(7-8-31-27(25)35-28)17-5-4-6-19(29)9-17/h4-14,33H,1,15H2,2-3H3,(H,36,37)(H,31,34,35). The van der Waals surface area contributed by atoms with Crippen molar-refractivity contribution in [3.63, 3.8) is 0 Å². The number of nitrogens with zero attached hydrogens (tertiary/aromatic N) is 6. The minimum absolute atomic E-state index is 0.304. The summed E-state index contributed by atoms with van der Waals surface area (Å²) in [5.41, 5.74) is 7.46. The summed E-state index contributed by atoms with van der Waals surface area (Å²) >= 11 is 0. The van der Waals surface area contributed by atoms with Gasteiger partial charge in [0.2, 0.25) is 0 Å². The number of H-pyrrole nitrogens is 2. The third kappa shape index (κ3) is 4.48. The Labute approximate surface area is 217 Å². The molecule has 0 atom stereocenters. The summed E-state index contributed by atoms with van der Waals surface area (Å²) in [6, 6.07) is 12.2. The van der Waals surface area contributed by atoms with Gasteiger partial charge in [0.15, 0.2) is 11.5 Å². The molecule has 0 aliphatic carbocycles. The smallest absolute Gasteiger partial charge is 0.178 e. The fraction of sp³-hybridized carbons (Fsp3) is 0.107. The minimum Gasteiger partial charge on any atom is -0.357 e. The van der Waals surface area contributed by atoms with E-state index < -0.39 is 0 Å². The molecule has 10 heteroatoms.